The van der Waals surface area contributed by atoms with Crippen molar-refractivity contribution in [3.63, 3.8) is 0 Å². The van der Waals surface area contributed by atoms with Crippen molar-refractivity contribution in [1.82, 2.24) is 9.55 Å². The molecule has 3 nitrogen and oxygen atoms in total. The first kappa shape index (κ1) is 15.8. The van der Waals surface area contributed by atoms with Crippen molar-refractivity contribution < 1.29 is 0 Å². The first-order valence-electron chi connectivity index (χ1n) is 9.41. The average molecular weight is 349 g/mol. The van der Waals surface area contributed by atoms with E-state index in [1.54, 1.807) is 0 Å². The molecule has 2 heterocycles. The van der Waals surface area contributed by atoms with Gasteiger partial charge in [-0.25, -0.2) is 0 Å². The first-order chi connectivity index (χ1) is 13.4. The molecule has 1 fully saturated rings. The van der Waals surface area contributed by atoms with E-state index in [4.69, 9.17) is 0 Å². The van der Waals surface area contributed by atoms with Gasteiger partial charge in [-0.1, -0.05) is 48.5 Å². The Kier molecular flexibility index (Phi) is 3.76. The monoisotopic (exact) mass is 349 g/mol. The Balaban J connectivity index is 1.82. The molecule has 0 bridgehead atoms. The lowest BCUT2D eigenvalue weighted by Crippen LogP contribution is -2.17. The van der Waals surface area contributed by atoms with Gasteiger partial charge in [-0.05, 0) is 43.0 Å². The van der Waals surface area contributed by atoms with Gasteiger partial charge < -0.3 is 4.57 Å². The molecule has 27 heavy (non-hydrogen) atoms. The van der Waals surface area contributed by atoms with Crippen LogP contribution in [0.25, 0.3) is 33.4 Å². The standard InChI is InChI=1S/C24H19N3/c25-16-21-20-13-12-18(22-11-4-5-14-26-22)15-23(20)27(19-9-6-10-19)24(21)17-7-2-1-3-8-17/h1-5,7-8,11-15,19H,6,9-10H2. The third-order valence-electron chi connectivity index (χ3n) is 5.56. The average Bonchev–Trinajstić information content (AvgIpc) is 3.01. The van der Waals surface area contributed by atoms with Gasteiger partial charge in [0.1, 0.15) is 6.07 Å². The fourth-order valence-corrected chi connectivity index (χ4v) is 4.02. The summed E-state index contributed by atoms with van der Waals surface area (Å²) in [6.07, 6.45) is 5.41. The Bertz CT molecular complexity index is 1150. The molecule has 0 atom stereocenters. The number of aromatic nitrogens is 2. The Morgan fingerprint density at radius 2 is 1.74 bits per heavy atom. The fourth-order valence-electron chi connectivity index (χ4n) is 4.02. The second kappa shape index (κ2) is 6.41. The van der Waals surface area contributed by atoms with Crippen molar-refractivity contribution in [2.45, 2.75) is 25.3 Å². The fraction of sp³-hybridized carbons (Fsp3) is 0.167. The van der Waals surface area contributed by atoms with E-state index < -0.39 is 0 Å². The van der Waals surface area contributed by atoms with Crippen LogP contribution in [0, 0.1) is 11.3 Å². The quantitative estimate of drug-likeness (QED) is 0.457. The number of rotatable bonds is 3. The molecule has 0 N–H and O–H groups in total. The van der Waals surface area contributed by atoms with Gasteiger partial charge in [0.25, 0.3) is 0 Å². The molecule has 0 amide bonds. The summed E-state index contributed by atoms with van der Waals surface area (Å²) in [6, 6.07) is 25.6. The summed E-state index contributed by atoms with van der Waals surface area (Å²) >= 11 is 0. The van der Waals surface area contributed by atoms with Gasteiger partial charge in [0.05, 0.1) is 22.5 Å². The Morgan fingerprint density at radius 1 is 0.926 bits per heavy atom. The van der Waals surface area contributed by atoms with Gasteiger partial charge in [-0.15, -0.1) is 0 Å². The van der Waals surface area contributed by atoms with Gasteiger partial charge in [0.2, 0.25) is 0 Å². The van der Waals surface area contributed by atoms with E-state index in [0.717, 1.165) is 39.0 Å². The van der Waals surface area contributed by atoms with Crippen molar-refractivity contribution in [3.8, 4) is 28.6 Å². The van der Waals surface area contributed by atoms with E-state index >= 15 is 0 Å². The maximum atomic E-state index is 9.97. The molecule has 130 valence electrons. The Hall–Kier alpha value is -3.38. The van der Waals surface area contributed by atoms with Gasteiger partial charge in [-0.2, -0.15) is 5.26 Å². The van der Waals surface area contributed by atoms with Crippen LogP contribution in [0.4, 0.5) is 0 Å². The number of nitrogens with zero attached hydrogens (tertiary/aromatic N) is 3. The SMILES string of the molecule is N#Cc1c(-c2ccccc2)n(C2CCC2)c2cc(-c3ccccn3)ccc12. The number of hydrogen-bond donors (Lipinski definition) is 0. The minimum Gasteiger partial charge on any atom is -0.336 e. The molecule has 1 saturated carbocycles. The van der Waals surface area contributed by atoms with Crippen LogP contribution in [0.2, 0.25) is 0 Å². The molecule has 1 aliphatic carbocycles. The van der Waals surface area contributed by atoms with Gasteiger partial charge in [0, 0.05) is 23.2 Å². The second-order valence-corrected chi connectivity index (χ2v) is 7.10. The Morgan fingerprint density at radius 3 is 2.41 bits per heavy atom. The van der Waals surface area contributed by atoms with E-state index in [1.165, 1.54) is 19.3 Å². The molecule has 0 aliphatic heterocycles. The van der Waals surface area contributed by atoms with Crippen molar-refractivity contribution in [2.75, 3.05) is 0 Å². The van der Waals surface area contributed by atoms with Crippen molar-refractivity contribution in [3.05, 3.63) is 78.5 Å². The molecule has 0 saturated heterocycles. The van der Waals surface area contributed by atoms with E-state index in [2.05, 4.69) is 46.0 Å². The Labute approximate surface area is 158 Å². The molecule has 5 rings (SSSR count). The minimum atomic E-state index is 0.462. The summed E-state index contributed by atoms with van der Waals surface area (Å²) in [5.41, 5.74) is 6.12. The zero-order valence-corrected chi connectivity index (χ0v) is 15.0. The number of hydrogen-bond acceptors (Lipinski definition) is 2. The second-order valence-electron chi connectivity index (χ2n) is 7.10. The summed E-state index contributed by atoms with van der Waals surface area (Å²) < 4.78 is 2.40. The molecule has 2 aromatic carbocycles. The maximum Gasteiger partial charge on any atom is 0.102 e. The number of benzene rings is 2. The molecule has 0 spiro atoms. The highest BCUT2D eigenvalue weighted by Gasteiger charge is 2.27. The largest absolute Gasteiger partial charge is 0.336 e. The van der Waals surface area contributed by atoms with Crippen molar-refractivity contribution >= 4 is 10.9 Å². The van der Waals surface area contributed by atoms with Crippen molar-refractivity contribution in [2.24, 2.45) is 0 Å². The van der Waals surface area contributed by atoms with E-state index in [9.17, 15) is 5.26 Å². The molecule has 3 heteroatoms. The van der Waals surface area contributed by atoms with Crippen LogP contribution in [-0.4, -0.2) is 9.55 Å². The molecule has 4 aromatic rings. The molecular formula is C24H19N3. The van der Waals surface area contributed by atoms with Crippen LogP contribution in [-0.2, 0) is 0 Å². The van der Waals surface area contributed by atoms with E-state index in [1.807, 2.05) is 42.6 Å². The summed E-state index contributed by atoms with van der Waals surface area (Å²) in [4.78, 5) is 4.50. The number of nitriles is 1. The van der Waals surface area contributed by atoms with Crippen molar-refractivity contribution in [1.29, 1.82) is 5.26 Å². The van der Waals surface area contributed by atoms with Gasteiger partial charge in [-0.3, -0.25) is 4.98 Å². The topological polar surface area (TPSA) is 41.6 Å². The number of fused-ring (bicyclic) bond motifs is 1. The molecule has 0 unspecified atom stereocenters. The lowest BCUT2D eigenvalue weighted by molar-refractivity contribution is 0.324. The highest BCUT2D eigenvalue weighted by atomic mass is 15.0. The summed E-state index contributed by atoms with van der Waals surface area (Å²) in [6.45, 7) is 0. The first-order valence-corrected chi connectivity index (χ1v) is 9.41. The molecule has 2 aromatic heterocycles. The van der Waals surface area contributed by atoms with Gasteiger partial charge in [0.15, 0.2) is 0 Å². The number of pyridine rings is 1. The van der Waals surface area contributed by atoms with E-state index in [0.29, 0.717) is 6.04 Å². The van der Waals surface area contributed by atoms with Crippen LogP contribution < -0.4 is 0 Å². The van der Waals surface area contributed by atoms with Gasteiger partial charge >= 0.3 is 0 Å². The summed E-state index contributed by atoms with van der Waals surface area (Å²) in [5.74, 6) is 0. The lowest BCUT2D eigenvalue weighted by Gasteiger charge is -2.30. The summed E-state index contributed by atoms with van der Waals surface area (Å²) in [7, 11) is 0. The third-order valence-corrected chi connectivity index (χ3v) is 5.56. The van der Waals surface area contributed by atoms with Crippen LogP contribution >= 0.6 is 0 Å². The van der Waals surface area contributed by atoms with Crippen LogP contribution in [0.1, 0.15) is 30.9 Å². The van der Waals surface area contributed by atoms with Crippen LogP contribution in [0.15, 0.2) is 72.9 Å². The molecule has 0 radical (unpaired) electrons. The molecular weight excluding hydrogens is 330 g/mol. The zero-order chi connectivity index (χ0) is 18.2. The minimum absolute atomic E-state index is 0.462. The predicted molar refractivity (Wildman–Crippen MR) is 108 cm³/mol. The summed E-state index contributed by atoms with van der Waals surface area (Å²) in [5, 5.41) is 11.0. The smallest absolute Gasteiger partial charge is 0.102 e. The normalized spacial score (nSPS) is 14.0. The lowest BCUT2D eigenvalue weighted by atomic mass is 9.92. The zero-order valence-electron chi connectivity index (χ0n) is 15.0. The highest BCUT2D eigenvalue weighted by molar-refractivity contribution is 5.96. The highest BCUT2D eigenvalue weighted by Crippen LogP contribution is 2.43. The maximum absolute atomic E-state index is 9.97. The molecule has 1 aliphatic rings. The van der Waals surface area contributed by atoms with Crippen LogP contribution in [0.3, 0.4) is 0 Å². The van der Waals surface area contributed by atoms with E-state index in [-0.39, 0.29) is 0 Å². The van der Waals surface area contributed by atoms with Crippen LogP contribution in [0.5, 0.6) is 0 Å². The predicted octanol–water partition coefficient (Wildman–Crippen LogP) is 5.97. The third kappa shape index (κ3) is 2.53.